The van der Waals surface area contributed by atoms with Crippen LogP contribution in [0.2, 0.25) is 0 Å². The van der Waals surface area contributed by atoms with Gasteiger partial charge in [-0.15, -0.1) is 0 Å². The number of hydrogen-bond donors (Lipinski definition) is 3. The van der Waals surface area contributed by atoms with Gasteiger partial charge >= 0.3 is 0 Å². The highest BCUT2D eigenvalue weighted by Gasteiger charge is 2.04. The van der Waals surface area contributed by atoms with E-state index < -0.39 is 0 Å². The Morgan fingerprint density at radius 1 is 1.24 bits per heavy atom. The molecule has 3 N–H and O–H groups in total. The van der Waals surface area contributed by atoms with E-state index in [1.54, 1.807) is 20.2 Å². The molecule has 1 aromatic rings. The second-order valence-corrected chi connectivity index (χ2v) is 4.84. The molecular formula is C16H26N4O. The van der Waals surface area contributed by atoms with Crippen LogP contribution in [0.3, 0.4) is 0 Å². The summed E-state index contributed by atoms with van der Waals surface area (Å²) in [4.78, 5) is 15.8. The third-order valence-electron chi connectivity index (χ3n) is 3.17. The van der Waals surface area contributed by atoms with E-state index >= 15 is 0 Å². The largest absolute Gasteiger partial charge is 0.356 e. The maximum absolute atomic E-state index is 11.6. The van der Waals surface area contributed by atoms with Gasteiger partial charge in [-0.2, -0.15) is 0 Å². The lowest BCUT2D eigenvalue weighted by Gasteiger charge is -2.12. The Morgan fingerprint density at radius 2 is 2.05 bits per heavy atom. The summed E-state index contributed by atoms with van der Waals surface area (Å²) in [6.07, 6.45) is 3.57. The molecule has 0 aliphatic heterocycles. The van der Waals surface area contributed by atoms with Crippen molar-refractivity contribution in [3.05, 3.63) is 35.4 Å². The fourth-order valence-electron chi connectivity index (χ4n) is 1.96. The van der Waals surface area contributed by atoms with Crippen molar-refractivity contribution in [2.75, 3.05) is 20.6 Å². The Labute approximate surface area is 127 Å². The van der Waals surface area contributed by atoms with Crippen LogP contribution in [-0.4, -0.2) is 32.5 Å². The molecule has 5 nitrogen and oxygen atoms in total. The Morgan fingerprint density at radius 3 is 2.71 bits per heavy atom. The lowest BCUT2D eigenvalue weighted by molar-refractivity contribution is 0.0963. The van der Waals surface area contributed by atoms with Crippen molar-refractivity contribution in [2.45, 2.75) is 32.7 Å². The van der Waals surface area contributed by atoms with Crippen LogP contribution < -0.4 is 16.0 Å². The smallest absolute Gasteiger partial charge is 0.251 e. The minimum absolute atomic E-state index is 0.0704. The van der Waals surface area contributed by atoms with E-state index in [1.807, 2.05) is 18.2 Å². The van der Waals surface area contributed by atoms with Crippen molar-refractivity contribution in [2.24, 2.45) is 4.99 Å². The summed E-state index contributed by atoms with van der Waals surface area (Å²) in [5.41, 5.74) is 1.72. The standard InChI is InChI=1S/C16H26N4O/c1-4-5-6-10-19-16(18-3)20-12-13-8-7-9-14(11-13)15(21)17-2/h7-9,11H,4-6,10,12H2,1-3H3,(H,17,21)(H2,18,19,20). The van der Waals surface area contributed by atoms with Crippen LogP contribution in [0.25, 0.3) is 0 Å². The maximum Gasteiger partial charge on any atom is 0.251 e. The van der Waals surface area contributed by atoms with Crippen molar-refractivity contribution >= 4 is 11.9 Å². The molecule has 0 aromatic heterocycles. The molecule has 0 heterocycles. The number of hydrogen-bond acceptors (Lipinski definition) is 2. The van der Waals surface area contributed by atoms with Gasteiger partial charge in [-0.3, -0.25) is 9.79 Å². The molecule has 1 amide bonds. The molecule has 0 fully saturated rings. The van der Waals surface area contributed by atoms with E-state index in [1.165, 1.54) is 12.8 Å². The van der Waals surface area contributed by atoms with Gasteiger partial charge < -0.3 is 16.0 Å². The third kappa shape index (κ3) is 6.29. The summed E-state index contributed by atoms with van der Waals surface area (Å²) in [6, 6.07) is 7.57. The van der Waals surface area contributed by atoms with E-state index in [9.17, 15) is 4.79 Å². The number of unbranched alkanes of at least 4 members (excludes halogenated alkanes) is 2. The Balaban J connectivity index is 2.47. The van der Waals surface area contributed by atoms with Crippen LogP contribution in [0.5, 0.6) is 0 Å². The number of benzene rings is 1. The molecule has 116 valence electrons. The summed E-state index contributed by atoms with van der Waals surface area (Å²) < 4.78 is 0. The van der Waals surface area contributed by atoms with Gasteiger partial charge in [0.05, 0.1) is 0 Å². The van der Waals surface area contributed by atoms with Crippen LogP contribution in [0.1, 0.15) is 42.1 Å². The van der Waals surface area contributed by atoms with Gasteiger partial charge in [0.15, 0.2) is 5.96 Å². The zero-order valence-electron chi connectivity index (χ0n) is 13.2. The van der Waals surface area contributed by atoms with Gasteiger partial charge in [-0.1, -0.05) is 31.9 Å². The van der Waals surface area contributed by atoms with Crippen molar-refractivity contribution in [1.29, 1.82) is 0 Å². The number of nitrogens with zero attached hydrogens (tertiary/aromatic N) is 1. The third-order valence-corrected chi connectivity index (χ3v) is 3.17. The quantitative estimate of drug-likeness (QED) is 0.408. The number of aliphatic imine (C=N–C) groups is 1. The molecule has 0 atom stereocenters. The van der Waals surface area contributed by atoms with Gasteiger partial charge in [-0.05, 0) is 24.1 Å². The highest BCUT2D eigenvalue weighted by Crippen LogP contribution is 2.05. The fraction of sp³-hybridized carbons (Fsp3) is 0.500. The number of carbonyl (C=O) groups is 1. The molecule has 0 radical (unpaired) electrons. The average Bonchev–Trinajstić information content (AvgIpc) is 2.53. The first-order valence-electron chi connectivity index (χ1n) is 7.46. The maximum atomic E-state index is 11.6. The zero-order chi connectivity index (χ0) is 15.5. The Kier molecular flexibility index (Phi) is 7.94. The molecule has 0 aliphatic carbocycles. The van der Waals surface area contributed by atoms with E-state index in [0.29, 0.717) is 12.1 Å². The van der Waals surface area contributed by atoms with Gasteiger partial charge in [0.2, 0.25) is 0 Å². The summed E-state index contributed by atoms with van der Waals surface area (Å²) in [6.45, 7) is 3.75. The van der Waals surface area contributed by atoms with E-state index in [2.05, 4.69) is 27.9 Å². The zero-order valence-corrected chi connectivity index (χ0v) is 13.2. The van der Waals surface area contributed by atoms with Crippen molar-refractivity contribution in [1.82, 2.24) is 16.0 Å². The number of amides is 1. The van der Waals surface area contributed by atoms with Crippen molar-refractivity contribution < 1.29 is 4.79 Å². The van der Waals surface area contributed by atoms with Crippen molar-refractivity contribution in [3.63, 3.8) is 0 Å². The summed E-state index contributed by atoms with van der Waals surface area (Å²) >= 11 is 0. The highest BCUT2D eigenvalue weighted by molar-refractivity contribution is 5.94. The molecule has 0 spiro atoms. The summed E-state index contributed by atoms with van der Waals surface area (Å²) in [7, 11) is 3.39. The van der Waals surface area contributed by atoms with Crippen LogP contribution in [0.4, 0.5) is 0 Å². The molecule has 5 heteroatoms. The predicted octanol–water partition coefficient (Wildman–Crippen LogP) is 1.90. The number of nitrogens with one attached hydrogen (secondary N) is 3. The van der Waals surface area contributed by atoms with Gasteiger partial charge in [0.1, 0.15) is 0 Å². The van der Waals surface area contributed by atoms with E-state index in [4.69, 9.17) is 0 Å². The first kappa shape index (κ1) is 17.0. The summed E-state index contributed by atoms with van der Waals surface area (Å²) in [5.74, 6) is 0.718. The van der Waals surface area contributed by atoms with Crippen LogP contribution in [-0.2, 0) is 6.54 Å². The van der Waals surface area contributed by atoms with Gasteiger partial charge in [0.25, 0.3) is 5.91 Å². The molecule has 21 heavy (non-hydrogen) atoms. The van der Waals surface area contributed by atoms with Gasteiger partial charge in [-0.25, -0.2) is 0 Å². The molecule has 0 bridgehead atoms. The van der Waals surface area contributed by atoms with Crippen LogP contribution >= 0.6 is 0 Å². The monoisotopic (exact) mass is 290 g/mol. The van der Waals surface area contributed by atoms with Gasteiger partial charge in [0, 0.05) is 32.7 Å². The number of rotatable bonds is 7. The Bertz CT molecular complexity index is 471. The number of carbonyl (C=O) groups excluding carboxylic acids is 1. The van der Waals surface area contributed by atoms with Crippen LogP contribution in [0, 0.1) is 0 Å². The lowest BCUT2D eigenvalue weighted by atomic mass is 10.1. The molecular weight excluding hydrogens is 264 g/mol. The van der Waals surface area contributed by atoms with Crippen LogP contribution in [0.15, 0.2) is 29.3 Å². The minimum Gasteiger partial charge on any atom is -0.356 e. The average molecular weight is 290 g/mol. The van der Waals surface area contributed by atoms with E-state index in [-0.39, 0.29) is 5.91 Å². The predicted molar refractivity (Wildman–Crippen MR) is 87.6 cm³/mol. The first-order valence-corrected chi connectivity index (χ1v) is 7.46. The molecule has 1 rings (SSSR count). The molecule has 1 aromatic carbocycles. The number of guanidine groups is 1. The second kappa shape index (κ2) is 9.80. The SMILES string of the molecule is CCCCCNC(=NC)NCc1cccc(C(=O)NC)c1. The summed E-state index contributed by atoms with van der Waals surface area (Å²) in [5, 5.41) is 9.17. The molecule has 0 saturated carbocycles. The lowest BCUT2D eigenvalue weighted by Crippen LogP contribution is -2.37. The first-order chi connectivity index (χ1) is 10.2. The van der Waals surface area contributed by atoms with Crippen molar-refractivity contribution in [3.8, 4) is 0 Å². The fourth-order valence-corrected chi connectivity index (χ4v) is 1.96. The molecule has 0 saturated heterocycles. The second-order valence-electron chi connectivity index (χ2n) is 4.84. The normalized spacial score (nSPS) is 11.1. The van der Waals surface area contributed by atoms with E-state index in [0.717, 1.165) is 24.5 Å². The molecule has 0 unspecified atom stereocenters. The topological polar surface area (TPSA) is 65.5 Å². The highest BCUT2D eigenvalue weighted by atomic mass is 16.1. The minimum atomic E-state index is -0.0704. The molecule has 0 aliphatic rings. The Hall–Kier alpha value is -2.04.